The molecule has 1 unspecified atom stereocenters. The molecule has 1 saturated heterocycles. The third-order valence-electron chi connectivity index (χ3n) is 4.60. The maximum atomic E-state index is 11.7. The molecule has 118 valence electrons. The van der Waals surface area contributed by atoms with Gasteiger partial charge in [-0.1, -0.05) is 17.7 Å². The van der Waals surface area contributed by atoms with Crippen molar-refractivity contribution in [3.8, 4) is 0 Å². The van der Waals surface area contributed by atoms with Crippen LogP contribution in [0.2, 0.25) is 5.02 Å². The highest BCUT2D eigenvalue weighted by Crippen LogP contribution is 2.32. The van der Waals surface area contributed by atoms with Crippen LogP contribution in [0.5, 0.6) is 0 Å². The average Bonchev–Trinajstić information content (AvgIpc) is 2.63. The number of carboxylic acid groups (broad SMARTS) is 1. The predicted octanol–water partition coefficient (Wildman–Crippen LogP) is 3.10. The van der Waals surface area contributed by atoms with Gasteiger partial charge in [0.2, 0.25) is 0 Å². The molecule has 0 spiro atoms. The lowest BCUT2D eigenvalue weighted by Crippen LogP contribution is -2.39. The Bertz CT molecular complexity index is 620. The minimum atomic E-state index is -0.902. The van der Waals surface area contributed by atoms with E-state index in [0.29, 0.717) is 16.5 Å². The molecule has 2 N–H and O–H groups in total. The molecular weight excluding hydrogens is 302 g/mol. The molecule has 1 aromatic rings. The van der Waals surface area contributed by atoms with Gasteiger partial charge in [-0.25, -0.2) is 4.79 Å². The Labute approximate surface area is 135 Å². The highest BCUT2D eigenvalue weighted by Gasteiger charge is 2.30. The molecule has 0 amide bonds. The lowest BCUT2D eigenvalue weighted by atomic mass is 9.87. The number of fused-ring (bicyclic) bond motifs is 1. The normalized spacial score (nSPS) is 22.7. The largest absolute Gasteiger partial charge is 0.478 e. The molecular formula is C17H20ClNO3. The van der Waals surface area contributed by atoms with Crippen molar-refractivity contribution in [1.29, 1.82) is 0 Å². The van der Waals surface area contributed by atoms with Gasteiger partial charge in [-0.15, -0.1) is 0 Å². The average molecular weight is 322 g/mol. The summed E-state index contributed by atoms with van der Waals surface area (Å²) in [6, 6.07) is 5.69. The summed E-state index contributed by atoms with van der Waals surface area (Å²) in [7, 11) is 0. The topological polar surface area (TPSA) is 58.6 Å². The van der Waals surface area contributed by atoms with Crippen LogP contribution < -0.4 is 5.32 Å². The van der Waals surface area contributed by atoms with Gasteiger partial charge >= 0.3 is 5.97 Å². The SMILES string of the molecule is CC1=C(C(=O)O)c2ccc(Cl)cc2CC(C2CCOCC2)N1. The van der Waals surface area contributed by atoms with Crippen molar-refractivity contribution in [3.63, 3.8) is 0 Å². The molecule has 4 nitrogen and oxygen atoms in total. The van der Waals surface area contributed by atoms with Crippen molar-refractivity contribution in [1.82, 2.24) is 5.32 Å². The molecule has 3 rings (SSSR count). The zero-order valence-electron chi connectivity index (χ0n) is 12.6. The highest BCUT2D eigenvalue weighted by atomic mass is 35.5. The van der Waals surface area contributed by atoms with Crippen LogP contribution in [0.25, 0.3) is 5.57 Å². The molecule has 1 atom stereocenters. The molecule has 2 aliphatic rings. The van der Waals surface area contributed by atoms with Gasteiger partial charge in [-0.2, -0.15) is 0 Å². The van der Waals surface area contributed by atoms with Crippen molar-refractivity contribution in [3.05, 3.63) is 40.0 Å². The summed E-state index contributed by atoms with van der Waals surface area (Å²) in [6.45, 7) is 3.40. The zero-order chi connectivity index (χ0) is 15.7. The summed E-state index contributed by atoms with van der Waals surface area (Å²) >= 11 is 6.12. The predicted molar refractivity (Wildman–Crippen MR) is 85.9 cm³/mol. The minimum absolute atomic E-state index is 0.220. The molecule has 0 aromatic heterocycles. The van der Waals surface area contributed by atoms with Crippen molar-refractivity contribution in [2.75, 3.05) is 13.2 Å². The van der Waals surface area contributed by atoms with E-state index in [0.717, 1.165) is 49.3 Å². The summed E-state index contributed by atoms with van der Waals surface area (Å²) in [5.74, 6) is -0.412. The molecule has 1 aromatic carbocycles. The maximum Gasteiger partial charge on any atom is 0.338 e. The second-order valence-electron chi connectivity index (χ2n) is 6.01. The van der Waals surface area contributed by atoms with Crippen molar-refractivity contribution >= 4 is 23.1 Å². The first-order valence-corrected chi connectivity index (χ1v) is 8.01. The standard InChI is InChI=1S/C17H20ClNO3/c1-10-16(17(20)21)14-3-2-13(18)8-12(14)9-15(19-10)11-4-6-22-7-5-11/h2-3,8,11,15,19H,4-7,9H2,1H3,(H,20,21). The molecule has 0 bridgehead atoms. The van der Waals surface area contributed by atoms with Gasteiger partial charge in [0.1, 0.15) is 0 Å². The van der Waals surface area contributed by atoms with Crippen LogP contribution in [0.4, 0.5) is 0 Å². The lowest BCUT2D eigenvalue weighted by Gasteiger charge is -2.31. The van der Waals surface area contributed by atoms with Gasteiger partial charge in [0.25, 0.3) is 0 Å². The number of ether oxygens (including phenoxy) is 1. The summed E-state index contributed by atoms with van der Waals surface area (Å²) in [5, 5.41) is 13.7. The van der Waals surface area contributed by atoms with E-state index in [-0.39, 0.29) is 6.04 Å². The molecule has 5 heteroatoms. The number of hydrogen-bond donors (Lipinski definition) is 2. The summed E-state index contributed by atoms with van der Waals surface area (Å²) < 4.78 is 5.44. The molecule has 0 aliphatic carbocycles. The molecule has 22 heavy (non-hydrogen) atoms. The van der Waals surface area contributed by atoms with Crippen LogP contribution in [0.3, 0.4) is 0 Å². The number of allylic oxidation sites excluding steroid dienone is 1. The van der Waals surface area contributed by atoms with E-state index >= 15 is 0 Å². The van der Waals surface area contributed by atoms with Gasteiger partial charge < -0.3 is 15.2 Å². The first-order valence-electron chi connectivity index (χ1n) is 7.63. The number of halogens is 1. The van der Waals surface area contributed by atoms with E-state index in [9.17, 15) is 9.90 Å². The fourth-order valence-electron chi connectivity index (χ4n) is 3.49. The number of benzene rings is 1. The molecule has 0 saturated carbocycles. The monoisotopic (exact) mass is 321 g/mol. The first-order chi connectivity index (χ1) is 10.6. The van der Waals surface area contributed by atoms with E-state index in [4.69, 9.17) is 16.3 Å². The van der Waals surface area contributed by atoms with Crippen molar-refractivity contribution in [2.45, 2.75) is 32.2 Å². The van der Waals surface area contributed by atoms with E-state index in [2.05, 4.69) is 5.32 Å². The van der Waals surface area contributed by atoms with Gasteiger partial charge in [-0.05, 0) is 55.4 Å². The molecule has 2 heterocycles. The Kier molecular flexibility index (Phi) is 4.41. The van der Waals surface area contributed by atoms with E-state index in [1.165, 1.54) is 0 Å². The number of rotatable bonds is 2. The van der Waals surface area contributed by atoms with Gasteiger partial charge in [0.15, 0.2) is 0 Å². The number of carbonyl (C=O) groups is 1. The Balaban J connectivity index is 2.02. The summed E-state index contributed by atoms with van der Waals surface area (Å²) in [4.78, 5) is 11.7. The van der Waals surface area contributed by atoms with Crippen LogP contribution in [0.1, 0.15) is 30.9 Å². The number of nitrogens with one attached hydrogen (secondary N) is 1. The zero-order valence-corrected chi connectivity index (χ0v) is 13.3. The van der Waals surface area contributed by atoms with Gasteiger partial charge in [0.05, 0.1) is 5.57 Å². The number of aliphatic carboxylic acids is 1. The van der Waals surface area contributed by atoms with Crippen molar-refractivity contribution in [2.24, 2.45) is 5.92 Å². The van der Waals surface area contributed by atoms with Gasteiger partial charge in [-0.3, -0.25) is 0 Å². The lowest BCUT2D eigenvalue weighted by molar-refractivity contribution is -0.130. The fraction of sp³-hybridized carbons (Fsp3) is 0.471. The summed E-state index contributed by atoms with van der Waals surface area (Å²) in [5.41, 5.74) is 2.86. The van der Waals surface area contributed by atoms with E-state index in [1.54, 1.807) is 6.07 Å². The Morgan fingerprint density at radius 1 is 1.36 bits per heavy atom. The van der Waals surface area contributed by atoms with Crippen LogP contribution in [0, 0.1) is 5.92 Å². The second kappa shape index (κ2) is 6.31. The molecule has 1 fully saturated rings. The Morgan fingerprint density at radius 2 is 2.09 bits per heavy atom. The second-order valence-corrected chi connectivity index (χ2v) is 6.45. The van der Waals surface area contributed by atoms with Crippen LogP contribution in [0.15, 0.2) is 23.9 Å². The fourth-order valence-corrected chi connectivity index (χ4v) is 3.69. The van der Waals surface area contributed by atoms with Crippen molar-refractivity contribution < 1.29 is 14.6 Å². The smallest absolute Gasteiger partial charge is 0.338 e. The van der Waals surface area contributed by atoms with E-state index < -0.39 is 5.97 Å². The van der Waals surface area contributed by atoms with E-state index in [1.807, 2.05) is 19.1 Å². The van der Waals surface area contributed by atoms with Crippen LogP contribution in [-0.2, 0) is 16.0 Å². The third kappa shape index (κ3) is 2.99. The minimum Gasteiger partial charge on any atom is -0.478 e. The Morgan fingerprint density at radius 3 is 2.77 bits per heavy atom. The maximum absolute atomic E-state index is 11.7. The summed E-state index contributed by atoms with van der Waals surface area (Å²) in [6.07, 6.45) is 2.79. The Hall–Kier alpha value is -1.52. The number of hydrogen-bond acceptors (Lipinski definition) is 3. The van der Waals surface area contributed by atoms with Crippen LogP contribution >= 0.6 is 11.6 Å². The third-order valence-corrected chi connectivity index (χ3v) is 4.84. The first kappa shape index (κ1) is 15.4. The molecule has 0 radical (unpaired) electrons. The molecule has 2 aliphatic heterocycles. The highest BCUT2D eigenvalue weighted by molar-refractivity contribution is 6.30. The van der Waals surface area contributed by atoms with Gasteiger partial charge in [0, 0.05) is 30.0 Å². The van der Waals surface area contributed by atoms with Crippen LogP contribution in [-0.4, -0.2) is 30.3 Å². The quantitative estimate of drug-likeness (QED) is 0.879. The number of carboxylic acids is 1.